The van der Waals surface area contributed by atoms with Gasteiger partial charge in [-0.2, -0.15) is 5.10 Å². The van der Waals surface area contributed by atoms with Crippen molar-refractivity contribution >= 4 is 11.8 Å². The maximum atomic E-state index is 13.4. The average molecular weight is 447 g/mol. The Bertz CT molecular complexity index is 1170. The summed E-state index contributed by atoms with van der Waals surface area (Å²) < 4.78 is 13.4. The normalized spacial score (nSPS) is 16.5. The predicted molar refractivity (Wildman–Crippen MR) is 122 cm³/mol. The van der Waals surface area contributed by atoms with Crippen molar-refractivity contribution in [1.29, 1.82) is 0 Å². The van der Waals surface area contributed by atoms with E-state index in [-0.39, 0.29) is 30.0 Å². The fraction of sp³-hybridized carbons (Fsp3) is 0.346. The van der Waals surface area contributed by atoms with E-state index in [4.69, 9.17) is 0 Å². The van der Waals surface area contributed by atoms with Crippen molar-refractivity contribution in [1.82, 2.24) is 20.0 Å². The highest BCUT2D eigenvalue weighted by Gasteiger charge is 2.30. The van der Waals surface area contributed by atoms with Crippen LogP contribution in [0.15, 0.2) is 54.7 Å². The number of likely N-dealkylation sites (tertiary alicyclic amines) is 1. The van der Waals surface area contributed by atoms with Crippen molar-refractivity contribution in [3.05, 3.63) is 88.5 Å². The number of aromatic nitrogens is 2. The van der Waals surface area contributed by atoms with E-state index in [0.717, 1.165) is 25.0 Å². The van der Waals surface area contributed by atoms with Gasteiger partial charge in [0.15, 0.2) is 0 Å². The molecule has 3 heterocycles. The summed E-state index contributed by atoms with van der Waals surface area (Å²) in [6.45, 7) is 2.55. The molecule has 2 aliphatic rings. The molecule has 6 nitrogen and oxygen atoms in total. The van der Waals surface area contributed by atoms with Gasteiger partial charge >= 0.3 is 0 Å². The van der Waals surface area contributed by atoms with E-state index in [1.807, 2.05) is 21.9 Å². The molecule has 0 bridgehead atoms. The fourth-order valence-electron chi connectivity index (χ4n) is 4.97. The Balaban J connectivity index is 1.21. The third-order valence-corrected chi connectivity index (χ3v) is 6.82. The van der Waals surface area contributed by atoms with Crippen LogP contribution in [0.2, 0.25) is 0 Å². The van der Waals surface area contributed by atoms with Crippen molar-refractivity contribution in [2.24, 2.45) is 0 Å². The number of nitrogens with one attached hydrogen (secondary N) is 1. The number of nitrogens with zero attached hydrogens (tertiary/aromatic N) is 3. The largest absolute Gasteiger partial charge is 0.342 e. The molecule has 5 rings (SSSR count). The first-order chi connectivity index (χ1) is 16.1. The SMILES string of the molecule is O=C(Cc1cccc(F)c1)N1CCC(c2[nH]ncc2C(=O)N2CCc3ccccc3C2)CC1. The molecule has 0 saturated carbocycles. The van der Waals surface area contributed by atoms with Crippen molar-refractivity contribution in [2.45, 2.75) is 38.1 Å². The second kappa shape index (κ2) is 9.17. The molecule has 1 saturated heterocycles. The Morgan fingerprint density at radius 2 is 1.79 bits per heavy atom. The average Bonchev–Trinajstić information content (AvgIpc) is 3.33. The summed E-state index contributed by atoms with van der Waals surface area (Å²) in [5, 5.41) is 7.25. The molecule has 0 radical (unpaired) electrons. The molecule has 1 aromatic heterocycles. The summed E-state index contributed by atoms with van der Waals surface area (Å²) in [6.07, 6.45) is 4.23. The van der Waals surface area contributed by atoms with Gasteiger partial charge < -0.3 is 9.80 Å². The van der Waals surface area contributed by atoms with Gasteiger partial charge in [0.25, 0.3) is 5.91 Å². The predicted octanol–water partition coefficient (Wildman–Crippen LogP) is 3.70. The zero-order chi connectivity index (χ0) is 22.8. The standard InChI is InChI=1S/C26H27FN4O2/c27-22-7-3-4-18(14-22)15-24(32)30-11-9-20(10-12-30)25-23(16-28-29-25)26(33)31-13-8-19-5-1-2-6-21(19)17-31/h1-7,14,16,20H,8-13,15,17H2,(H,28,29). The zero-order valence-corrected chi connectivity index (χ0v) is 18.5. The van der Waals surface area contributed by atoms with Crippen molar-refractivity contribution in [3.8, 4) is 0 Å². The lowest BCUT2D eigenvalue weighted by atomic mass is 9.90. The second-order valence-electron chi connectivity index (χ2n) is 8.90. The van der Waals surface area contributed by atoms with E-state index < -0.39 is 0 Å². The number of halogens is 1. The van der Waals surface area contributed by atoms with Gasteiger partial charge in [0.1, 0.15) is 5.82 Å². The first-order valence-corrected chi connectivity index (χ1v) is 11.5. The number of H-pyrrole nitrogens is 1. The molecule has 170 valence electrons. The van der Waals surface area contributed by atoms with E-state index in [9.17, 15) is 14.0 Å². The van der Waals surface area contributed by atoms with Gasteiger partial charge in [0, 0.05) is 32.1 Å². The summed E-state index contributed by atoms with van der Waals surface area (Å²) >= 11 is 0. The van der Waals surface area contributed by atoms with E-state index in [0.29, 0.717) is 37.3 Å². The molecule has 2 aliphatic heterocycles. The number of benzene rings is 2. The molecule has 0 aliphatic carbocycles. The minimum absolute atomic E-state index is 0.00643. The molecule has 1 fully saturated rings. The summed E-state index contributed by atoms with van der Waals surface area (Å²) in [4.78, 5) is 29.7. The number of hydrogen-bond acceptors (Lipinski definition) is 3. The van der Waals surface area contributed by atoms with Gasteiger partial charge in [-0.3, -0.25) is 14.7 Å². The highest BCUT2D eigenvalue weighted by molar-refractivity contribution is 5.95. The number of rotatable bonds is 4. The van der Waals surface area contributed by atoms with Gasteiger partial charge in [-0.05, 0) is 48.1 Å². The van der Waals surface area contributed by atoms with Crippen LogP contribution in [-0.4, -0.2) is 51.4 Å². The molecule has 2 aromatic carbocycles. The third-order valence-electron chi connectivity index (χ3n) is 6.82. The minimum Gasteiger partial charge on any atom is -0.342 e. The Labute approximate surface area is 192 Å². The fourth-order valence-corrected chi connectivity index (χ4v) is 4.97. The molecule has 0 atom stereocenters. The highest BCUT2D eigenvalue weighted by Crippen LogP contribution is 2.30. The molecular formula is C26H27FN4O2. The molecular weight excluding hydrogens is 419 g/mol. The lowest BCUT2D eigenvalue weighted by Gasteiger charge is -2.33. The molecule has 1 N–H and O–H groups in total. The van der Waals surface area contributed by atoms with Crippen LogP contribution in [0, 0.1) is 5.82 Å². The number of amides is 2. The van der Waals surface area contributed by atoms with Crippen LogP contribution in [0.3, 0.4) is 0 Å². The summed E-state index contributed by atoms with van der Waals surface area (Å²) in [5.74, 6) is -0.154. The highest BCUT2D eigenvalue weighted by atomic mass is 19.1. The quantitative estimate of drug-likeness (QED) is 0.665. The maximum Gasteiger partial charge on any atom is 0.257 e. The van der Waals surface area contributed by atoms with Crippen LogP contribution >= 0.6 is 0 Å². The Kier molecular flexibility index (Phi) is 5.94. The van der Waals surface area contributed by atoms with Gasteiger partial charge in [-0.15, -0.1) is 0 Å². The molecule has 2 amide bonds. The lowest BCUT2D eigenvalue weighted by Crippen LogP contribution is -2.39. The van der Waals surface area contributed by atoms with Gasteiger partial charge in [0.2, 0.25) is 5.91 Å². The van der Waals surface area contributed by atoms with Crippen LogP contribution < -0.4 is 0 Å². The number of aromatic amines is 1. The van der Waals surface area contributed by atoms with Gasteiger partial charge in [-0.1, -0.05) is 36.4 Å². The molecule has 33 heavy (non-hydrogen) atoms. The van der Waals surface area contributed by atoms with Crippen LogP contribution in [0.1, 0.15) is 51.5 Å². The van der Waals surface area contributed by atoms with Crippen LogP contribution in [0.25, 0.3) is 0 Å². The lowest BCUT2D eigenvalue weighted by molar-refractivity contribution is -0.131. The molecule has 0 spiro atoms. The van der Waals surface area contributed by atoms with Crippen molar-refractivity contribution in [3.63, 3.8) is 0 Å². The Morgan fingerprint density at radius 1 is 1.00 bits per heavy atom. The van der Waals surface area contributed by atoms with E-state index in [1.54, 1.807) is 18.3 Å². The van der Waals surface area contributed by atoms with Crippen molar-refractivity contribution < 1.29 is 14.0 Å². The molecule has 0 unspecified atom stereocenters. The van der Waals surface area contributed by atoms with Gasteiger partial charge in [-0.25, -0.2) is 4.39 Å². The first-order valence-electron chi connectivity index (χ1n) is 11.5. The van der Waals surface area contributed by atoms with Crippen LogP contribution in [0.5, 0.6) is 0 Å². The van der Waals surface area contributed by atoms with E-state index >= 15 is 0 Å². The van der Waals surface area contributed by atoms with Crippen LogP contribution in [-0.2, 0) is 24.2 Å². The minimum atomic E-state index is -0.326. The topological polar surface area (TPSA) is 69.3 Å². The molecule has 3 aromatic rings. The van der Waals surface area contributed by atoms with Gasteiger partial charge in [0.05, 0.1) is 23.9 Å². The second-order valence-corrected chi connectivity index (χ2v) is 8.90. The summed E-state index contributed by atoms with van der Waals surface area (Å²) in [6, 6.07) is 14.5. The number of piperidine rings is 1. The Hall–Kier alpha value is -3.48. The number of fused-ring (bicyclic) bond motifs is 1. The number of hydrogen-bond donors (Lipinski definition) is 1. The maximum absolute atomic E-state index is 13.4. The number of carbonyl (C=O) groups is 2. The Morgan fingerprint density at radius 3 is 2.58 bits per heavy atom. The van der Waals surface area contributed by atoms with E-state index in [1.165, 1.54) is 23.3 Å². The van der Waals surface area contributed by atoms with Crippen molar-refractivity contribution in [2.75, 3.05) is 19.6 Å². The zero-order valence-electron chi connectivity index (χ0n) is 18.5. The third kappa shape index (κ3) is 4.53. The van der Waals surface area contributed by atoms with E-state index in [2.05, 4.69) is 22.3 Å². The summed E-state index contributed by atoms with van der Waals surface area (Å²) in [5.41, 5.74) is 4.71. The first kappa shape index (κ1) is 21.4. The summed E-state index contributed by atoms with van der Waals surface area (Å²) in [7, 11) is 0. The monoisotopic (exact) mass is 446 g/mol. The number of carbonyl (C=O) groups excluding carboxylic acids is 2. The molecule has 7 heteroatoms. The van der Waals surface area contributed by atoms with Crippen LogP contribution in [0.4, 0.5) is 4.39 Å². The smallest absolute Gasteiger partial charge is 0.257 e.